The molecule has 0 saturated carbocycles. The summed E-state index contributed by atoms with van der Waals surface area (Å²) in [6, 6.07) is 1.06. The quantitative estimate of drug-likeness (QED) is 0.622. The fourth-order valence-corrected chi connectivity index (χ4v) is 3.42. The number of hydrogen-bond donors (Lipinski definition) is 2. The molecule has 0 bridgehead atoms. The molecule has 0 fully saturated rings. The lowest BCUT2D eigenvalue weighted by Crippen LogP contribution is -2.40. The van der Waals surface area contributed by atoms with Gasteiger partial charge in [0.05, 0.1) is 6.61 Å². The van der Waals surface area contributed by atoms with Gasteiger partial charge in [0.1, 0.15) is 23.1 Å². The van der Waals surface area contributed by atoms with Gasteiger partial charge in [0.25, 0.3) is 0 Å². The Morgan fingerprint density at radius 1 is 1.24 bits per heavy atom. The molecular formula is C23H31NO5. The van der Waals surface area contributed by atoms with Gasteiger partial charge < -0.3 is 19.6 Å². The number of fused-ring (bicyclic) bond motifs is 1. The zero-order valence-corrected chi connectivity index (χ0v) is 18.3. The third kappa shape index (κ3) is 5.00. The highest BCUT2D eigenvalue weighted by molar-refractivity contribution is 5.99. The zero-order chi connectivity index (χ0) is 21.9. The minimum atomic E-state index is -1.03. The monoisotopic (exact) mass is 401 g/mol. The van der Waals surface area contributed by atoms with Crippen molar-refractivity contribution in [3.05, 3.63) is 34.6 Å². The van der Waals surface area contributed by atoms with Crippen LogP contribution in [0.2, 0.25) is 0 Å². The van der Waals surface area contributed by atoms with Crippen LogP contribution in [0.5, 0.6) is 5.75 Å². The van der Waals surface area contributed by atoms with Crippen LogP contribution in [-0.4, -0.2) is 29.6 Å². The molecule has 2 N–H and O–H groups in total. The highest BCUT2D eigenvalue weighted by Gasteiger charge is 2.22. The fourth-order valence-electron chi connectivity index (χ4n) is 3.42. The molecule has 29 heavy (non-hydrogen) atoms. The predicted molar refractivity (Wildman–Crippen MR) is 114 cm³/mol. The number of rotatable bonds is 8. The van der Waals surface area contributed by atoms with Crippen molar-refractivity contribution in [3.63, 3.8) is 0 Å². The second-order valence-electron chi connectivity index (χ2n) is 7.83. The van der Waals surface area contributed by atoms with Crippen molar-refractivity contribution < 1.29 is 23.8 Å². The van der Waals surface area contributed by atoms with Crippen molar-refractivity contribution in [2.45, 2.75) is 60.9 Å². The van der Waals surface area contributed by atoms with Crippen LogP contribution < -0.4 is 10.1 Å². The highest BCUT2D eigenvalue weighted by atomic mass is 16.5. The molecule has 1 heterocycles. The van der Waals surface area contributed by atoms with Crippen molar-refractivity contribution in [2.75, 3.05) is 6.61 Å². The van der Waals surface area contributed by atoms with Crippen molar-refractivity contribution in [3.8, 4) is 5.75 Å². The molecule has 0 aliphatic carbocycles. The van der Waals surface area contributed by atoms with E-state index >= 15 is 0 Å². The maximum atomic E-state index is 12.5. The largest absolute Gasteiger partial charge is 0.493 e. The predicted octanol–water partition coefficient (Wildman–Crippen LogP) is 4.78. The molecule has 0 aliphatic heterocycles. The average molecular weight is 402 g/mol. The van der Waals surface area contributed by atoms with Gasteiger partial charge in [-0.05, 0) is 64.2 Å². The number of nitrogens with one attached hydrogen (secondary N) is 1. The number of carboxylic acid groups (broad SMARTS) is 1. The van der Waals surface area contributed by atoms with Gasteiger partial charge in [-0.15, -0.1) is 0 Å². The van der Waals surface area contributed by atoms with Gasteiger partial charge in [-0.1, -0.05) is 13.8 Å². The molecule has 1 atom stereocenters. The molecule has 0 spiro atoms. The molecule has 2 rings (SSSR count). The normalized spacial score (nSPS) is 13.0. The number of benzene rings is 1. The maximum Gasteiger partial charge on any atom is 0.326 e. The summed E-state index contributed by atoms with van der Waals surface area (Å²) in [5.74, 6) is 0.210. The third-order valence-corrected chi connectivity index (χ3v) is 5.03. The van der Waals surface area contributed by atoms with Crippen LogP contribution in [0, 0.1) is 26.7 Å². The van der Waals surface area contributed by atoms with Crippen LogP contribution in [0.3, 0.4) is 0 Å². The number of carbonyl (C=O) groups excluding carboxylic acids is 1. The number of allylic oxidation sites excluding steroid dienone is 1. The lowest BCUT2D eigenvalue weighted by atomic mass is 9.98. The number of furan rings is 1. The summed E-state index contributed by atoms with van der Waals surface area (Å²) in [7, 11) is 0. The van der Waals surface area contributed by atoms with Crippen LogP contribution in [0.1, 0.15) is 56.6 Å². The molecule has 6 nitrogen and oxygen atoms in total. The number of amides is 1. The molecule has 1 amide bonds. The number of hydrogen-bond acceptors (Lipinski definition) is 4. The zero-order valence-electron chi connectivity index (χ0n) is 18.3. The molecule has 1 aromatic heterocycles. The van der Waals surface area contributed by atoms with E-state index in [1.807, 2.05) is 54.5 Å². The fraction of sp³-hybridized carbons (Fsp3) is 0.478. The number of carboxylic acids is 1. The first kappa shape index (κ1) is 22.5. The lowest BCUT2D eigenvalue weighted by Gasteiger charge is -2.17. The van der Waals surface area contributed by atoms with Gasteiger partial charge >= 0.3 is 5.97 Å². The Balaban J connectivity index is 2.45. The first-order chi connectivity index (χ1) is 13.6. The Morgan fingerprint density at radius 3 is 2.45 bits per heavy atom. The highest BCUT2D eigenvalue weighted by Crippen LogP contribution is 2.38. The van der Waals surface area contributed by atoms with Crippen LogP contribution >= 0.6 is 0 Å². The number of aryl methyl sites for hydroxylation is 3. The molecule has 1 aromatic carbocycles. The van der Waals surface area contributed by atoms with E-state index in [0.717, 1.165) is 33.4 Å². The van der Waals surface area contributed by atoms with E-state index in [-0.39, 0.29) is 5.92 Å². The molecule has 2 aromatic rings. The molecular weight excluding hydrogens is 370 g/mol. The second-order valence-corrected chi connectivity index (χ2v) is 7.83. The van der Waals surface area contributed by atoms with E-state index in [2.05, 4.69) is 5.32 Å². The second kappa shape index (κ2) is 9.16. The van der Waals surface area contributed by atoms with Gasteiger partial charge in [0, 0.05) is 22.6 Å². The molecule has 1 unspecified atom stereocenters. The molecule has 158 valence electrons. The molecule has 0 saturated heterocycles. The van der Waals surface area contributed by atoms with Crippen molar-refractivity contribution in [2.24, 2.45) is 5.92 Å². The minimum absolute atomic E-state index is 0.156. The van der Waals surface area contributed by atoms with Gasteiger partial charge in [-0.3, -0.25) is 4.79 Å². The summed E-state index contributed by atoms with van der Waals surface area (Å²) in [6.07, 6.45) is 1.80. The van der Waals surface area contributed by atoms with Gasteiger partial charge in [-0.25, -0.2) is 4.79 Å². The maximum absolute atomic E-state index is 12.5. The Kier molecular flexibility index (Phi) is 7.11. The Bertz CT molecular complexity index is 952. The Morgan fingerprint density at radius 2 is 1.90 bits per heavy atom. The number of ether oxygens (including phenoxy) is 1. The van der Waals surface area contributed by atoms with E-state index < -0.39 is 17.9 Å². The summed E-state index contributed by atoms with van der Waals surface area (Å²) in [5.41, 5.74) is 4.21. The van der Waals surface area contributed by atoms with E-state index in [0.29, 0.717) is 24.4 Å². The standard InChI is InChI=1S/C23H31NO5/c1-8-28-21-15(6)22-18(14(5)16(7)29-22)11-17(21)13(4)10-20(25)24-19(23(26)27)9-12(2)3/h10-12,19H,8-9H2,1-7H3,(H,24,25)(H,26,27)/b13-10+. The van der Waals surface area contributed by atoms with E-state index in [4.69, 9.17) is 9.15 Å². The third-order valence-electron chi connectivity index (χ3n) is 5.03. The Labute approximate surface area is 171 Å². The van der Waals surface area contributed by atoms with Crippen LogP contribution in [0.4, 0.5) is 0 Å². The topological polar surface area (TPSA) is 88.8 Å². The van der Waals surface area contributed by atoms with Crippen molar-refractivity contribution >= 4 is 28.4 Å². The minimum Gasteiger partial charge on any atom is -0.493 e. The lowest BCUT2D eigenvalue weighted by molar-refractivity contribution is -0.141. The van der Waals surface area contributed by atoms with Gasteiger partial charge in [-0.2, -0.15) is 0 Å². The van der Waals surface area contributed by atoms with Gasteiger partial charge in [0.2, 0.25) is 5.91 Å². The Hall–Kier alpha value is -2.76. The molecule has 0 aliphatic rings. The molecule has 0 radical (unpaired) electrons. The summed E-state index contributed by atoms with van der Waals surface area (Å²) in [5, 5.41) is 12.9. The number of carbonyl (C=O) groups is 2. The van der Waals surface area contributed by atoms with Crippen LogP contribution in [0.15, 0.2) is 16.6 Å². The van der Waals surface area contributed by atoms with Crippen LogP contribution in [-0.2, 0) is 9.59 Å². The van der Waals surface area contributed by atoms with E-state index in [9.17, 15) is 14.7 Å². The first-order valence-electron chi connectivity index (χ1n) is 9.94. The van der Waals surface area contributed by atoms with Crippen LogP contribution in [0.25, 0.3) is 16.5 Å². The van der Waals surface area contributed by atoms with Gasteiger partial charge in [0.15, 0.2) is 0 Å². The average Bonchev–Trinajstić information content (AvgIpc) is 2.91. The summed E-state index contributed by atoms with van der Waals surface area (Å²) in [6.45, 7) is 13.9. The van der Waals surface area contributed by atoms with E-state index in [1.54, 1.807) is 0 Å². The van der Waals surface area contributed by atoms with E-state index in [1.165, 1.54) is 6.08 Å². The first-order valence-corrected chi connectivity index (χ1v) is 9.94. The smallest absolute Gasteiger partial charge is 0.326 e. The summed E-state index contributed by atoms with van der Waals surface area (Å²) < 4.78 is 11.8. The summed E-state index contributed by atoms with van der Waals surface area (Å²) in [4.78, 5) is 23.9. The number of aliphatic carboxylic acids is 1. The SMILES string of the molecule is CCOc1c(/C(C)=C/C(=O)NC(CC(C)C)C(=O)O)cc2c(C)c(C)oc2c1C. The van der Waals surface area contributed by atoms with Crippen molar-refractivity contribution in [1.82, 2.24) is 5.32 Å². The van der Waals surface area contributed by atoms with Crippen molar-refractivity contribution in [1.29, 1.82) is 0 Å². The summed E-state index contributed by atoms with van der Waals surface area (Å²) >= 11 is 0. The molecule has 6 heteroatoms.